The summed E-state index contributed by atoms with van der Waals surface area (Å²) >= 11 is 0. The molecule has 3 rings (SSSR count). The van der Waals surface area contributed by atoms with Crippen LogP contribution >= 0.6 is 0 Å². The summed E-state index contributed by atoms with van der Waals surface area (Å²) in [6.45, 7) is 4.00. The number of aryl methyl sites for hydroxylation is 1. The molecule has 0 amide bonds. The van der Waals surface area contributed by atoms with Crippen molar-refractivity contribution >= 4 is 5.95 Å². The highest BCUT2D eigenvalue weighted by Gasteiger charge is 2.21. The molecule has 0 radical (unpaired) electrons. The quantitative estimate of drug-likeness (QED) is 0.750. The molecule has 0 fully saturated rings. The molecule has 0 aliphatic rings. The molecule has 3 aromatic rings. The lowest BCUT2D eigenvalue weighted by Gasteiger charge is -2.11. The maximum atomic E-state index is 12.3. The summed E-state index contributed by atoms with van der Waals surface area (Å²) in [6.07, 6.45) is 3.31. The van der Waals surface area contributed by atoms with E-state index < -0.39 is 0 Å². The van der Waals surface area contributed by atoms with Crippen LogP contribution in [0.5, 0.6) is 5.75 Å². The van der Waals surface area contributed by atoms with E-state index in [-0.39, 0.29) is 5.56 Å². The fraction of sp³-hybridized carbons (Fsp3) is 0.333. The first-order chi connectivity index (χ1) is 11.7. The lowest BCUT2D eigenvalue weighted by molar-refractivity contribution is 0.412. The molecule has 0 aromatic carbocycles. The fourth-order valence-corrected chi connectivity index (χ4v) is 2.19. The smallest absolute Gasteiger partial charge is 0.276 e. The molecule has 0 aliphatic heterocycles. The largest absolute Gasteiger partial charge is 0.494 e. The van der Waals surface area contributed by atoms with Crippen LogP contribution in [0.15, 0.2) is 29.3 Å². The highest BCUT2D eigenvalue weighted by molar-refractivity contribution is 5.60. The fourth-order valence-electron chi connectivity index (χ4n) is 2.19. The van der Waals surface area contributed by atoms with Gasteiger partial charge in [-0.15, -0.1) is 10.2 Å². The number of ether oxygens (including phenoxy) is 1. The molecule has 0 saturated heterocycles. The topological polar surface area (TPSA) is 103 Å². The Balaban J connectivity index is 0.00000100. The number of aromatic nitrogens is 6. The van der Waals surface area contributed by atoms with E-state index in [9.17, 15) is 4.79 Å². The van der Waals surface area contributed by atoms with Gasteiger partial charge in [-0.05, 0) is 12.1 Å². The third-order valence-electron chi connectivity index (χ3n) is 3.17. The molecule has 0 bridgehead atoms. The summed E-state index contributed by atoms with van der Waals surface area (Å²) in [7, 11) is 5.01. The van der Waals surface area contributed by atoms with E-state index in [1.165, 1.54) is 13.3 Å². The van der Waals surface area contributed by atoms with Gasteiger partial charge in [-0.25, -0.2) is 0 Å². The van der Waals surface area contributed by atoms with E-state index in [4.69, 9.17) is 4.74 Å². The van der Waals surface area contributed by atoms with Gasteiger partial charge >= 0.3 is 0 Å². The van der Waals surface area contributed by atoms with Crippen molar-refractivity contribution in [3.63, 3.8) is 0 Å². The van der Waals surface area contributed by atoms with Crippen LogP contribution in [0.2, 0.25) is 0 Å². The lowest BCUT2D eigenvalue weighted by Crippen LogP contribution is -2.17. The number of rotatable bonds is 4. The summed E-state index contributed by atoms with van der Waals surface area (Å²) in [5.41, 5.74) is 0.578. The first kappa shape index (κ1) is 17.3. The van der Waals surface area contributed by atoms with Crippen molar-refractivity contribution in [2.24, 2.45) is 7.05 Å². The highest BCUT2D eigenvalue weighted by Crippen LogP contribution is 2.27. The Morgan fingerprint density at radius 2 is 2.00 bits per heavy atom. The Bertz CT molecular complexity index is 863. The van der Waals surface area contributed by atoms with E-state index in [1.807, 2.05) is 13.8 Å². The van der Waals surface area contributed by atoms with Crippen LogP contribution in [-0.4, -0.2) is 43.7 Å². The minimum absolute atomic E-state index is 0.292. The monoisotopic (exact) mass is 331 g/mol. The van der Waals surface area contributed by atoms with Crippen LogP contribution in [0, 0.1) is 0 Å². The number of aromatic amines is 1. The SMILES string of the molecule is CC.CNc1nnc(-c2ccn(C)n2)n1-c1c(OC)cc[nH]c1=O. The van der Waals surface area contributed by atoms with E-state index in [1.54, 1.807) is 41.7 Å². The molecular formula is C15H21N7O2. The molecule has 24 heavy (non-hydrogen) atoms. The van der Waals surface area contributed by atoms with Crippen LogP contribution in [0.25, 0.3) is 17.2 Å². The molecule has 0 spiro atoms. The maximum Gasteiger partial charge on any atom is 0.276 e. The second kappa shape index (κ2) is 7.44. The van der Waals surface area contributed by atoms with E-state index in [0.29, 0.717) is 28.9 Å². The number of H-pyrrole nitrogens is 1. The predicted octanol–water partition coefficient (Wildman–Crippen LogP) is 1.43. The Kier molecular flexibility index (Phi) is 5.35. The second-order valence-corrected chi connectivity index (χ2v) is 4.53. The number of hydrogen-bond donors (Lipinski definition) is 2. The Morgan fingerprint density at radius 3 is 2.58 bits per heavy atom. The molecule has 0 aliphatic carbocycles. The van der Waals surface area contributed by atoms with Gasteiger partial charge in [-0.2, -0.15) is 5.10 Å². The Hall–Kier alpha value is -3.10. The molecular weight excluding hydrogens is 310 g/mol. The third-order valence-corrected chi connectivity index (χ3v) is 3.17. The van der Waals surface area contributed by atoms with Crippen LogP contribution in [0.4, 0.5) is 5.95 Å². The first-order valence-electron chi connectivity index (χ1n) is 7.55. The van der Waals surface area contributed by atoms with Gasteiger partial charge in [0.05, 0.1) is 7.11 Å². The van der Waals surface area contributed by atoms with Gasteiger partial charge in [0.25, 0.3) is 5.56 Å². The van der Waals surface area contributed by atoms with Crippen molar-refractivity contribution in [1.29, 1.82) is 0 Å². The van der Waals surface area contributed by atoms with Crippen LogP contribution in [0.1, 0.15) is 13.8 Å². The maximum absolute atomic E-state index is 12.3. The summed E-state index contributed by atoms with van der Waals surface area (Å²) < 4.78 is 8.53. The second-order valence-electron chi connectivity index (χ2n) is 4.53. The summed E-state index contributed by atoms with van der Waals surface area (Å²) in [5.74, 6) is 1.27. The van der Waals surface area contributed by atoms with Gasteiger partial charge < -0.3 is 15.0 Å². The van der Waals surface area contributed by atoms with Crippen molar-refractivity contribution in [3.05, 3.63) is 34.9 Å². The zero-order chi connectivity index (χ0) is 17.7. The minimum Gasteiger partial charge on any atom is -0.494 e. The van der Waals surface area contributed by atoms with E-state index in [0.717, 1.165) is 0 Å². The first-order valence-corrected chi connectivity index (χ1v) is 7.55. The predicted molar refractivity (Wildman–Crippen MR) is 91.6 cm³/mol. The molecule has 2 N–H and O–H groups in total. The summed E-state index contributed by atoms with van der Waals surface area (Å²) in [5, 5.41) is 15.4. The lowest BCUT2D eigenvalue weighted by atomic mass is 10.3. The number of hydrogen-bond acceptors (Lipinski definition) is 6. The molecule has 9 nitrogen and oxygen atoms in total. The molecule has 128 valence electrons. The third kappa shape index (κ3) is 3.00. The molecule has 3 heterocycles. The molecule has 0 saturated carbocycles. The number of nitrogens with one attached hydrogen (secondary N) is 2. The van der Waals surface area contributed by atoms with Crippen LogP contribution < -0.4 is 15.6 Å². The molecule has 0 unspecified atom stereocenters. The van der Waals surface area contributed by atoms with Gasteiger partial charge in [-0.1, -0.05) is 13.8 Å². The van der Waals surface area contributed by atoms with Crippen molar-refractivity contribution in [2.45, 2.75) is 13.8 Å². The zero-order valence-corrected chi connectivity index (χ0v) is 14.4. The molecule has 9 heteroatoms. The van der Waals surface area contributed by atoms with Gasteiger partial charge in [0, 0.05) is 26.5 Å². The normalized spacial score (nSPS) is 10.0. The number of methoxy groups -OCH3 is 1. The standard InChI is InChI=1S/C13H15N7O2.C2H6/c1-14-13-17-16-11(8-5-7-19(2)18-8)20(13)10-9(22-3)4-6-15-12(10)21;1-2/h4-7H,1-3H3,(H,14,17)(H,15,21);1-2H3. The average molecular weight is 331 g/mol. The molecule has 3 aromatic heterocycles. The van der Waals surface area contributed by atoms with Gasteiger partial charge in [0.1, 0.15) is 11.4 Å². The van der Waals surface area contributed by atoms with Crippen molar-refractivity contribution in [1.82, 2.24) is 29.5 Å². The molecule has 0 atom stereocenters. The van der Waals surface area contributed by atoms with Gasteiger partial charge in [0.2, 0.25) is 5.95 Å². The zero-order valence-electron chi connectivity index (χ0n) is 14.4. The number of pyridine rings is 1. The highest BCUT2D eigenvalue weighted by atomic mass is 16.5. The Morgan fingerprint density at radius 1 is 1.25 bits per heavy atom. The van der Waals surface area contributed by atoms with Crippen molar-refractivity contribution in [3.8, 4) is 23.0 Å². The van der Waals surface area contributed by atoms with Crippen LogP contribution in [-0.2, 0) is 7.05 Å². The van der Waals surface area contributed by atoms with Gasteiger partial charge in [0.15, 0.2) is 11.5 Å². The Labute approximate surface area is 139 Å². The number of anilines is 1. The van der Waals surface area contributed by atoms with E-state index in [2.05, 4.69) is 25.6 Å². The summed E-state index contributed by atoms with van der Waals surface area (Å²) in [4.78, 5) is 14.9. The van der Waals surface area contributed by atoms with Crippen molar-refractivity contribution < 1.29 is 4.74 Å². The van der Waals surface area contributed by atoms with Crippen LogP contribution in [0.3, 0.4) is 0 Å². The summed E-state index contributed by atoms with van der Waals surface area (Å²) in [6, 6.07) is 3.46. The average Bonchev–Trinajstić information content (AvgIpc) is 3.22. The van der Waals surface area contributed by atoms with Crippen molar-refractivity contribution in [2.75, 3.05) is 19.5 Å². The van der Waals surface area contributed by atoms with Gasteiger partial charge in [-0.3, -0.25) is 14.0 Å². The number of nitrogens with zero attached hydrogens (tertiary/aromatic N) is 5. The van der Waals surface area contributed by atoms with E-state index >= 15 is 0 Å². The minimum atomic E-state index is -0.312.